The Labute approximate surface area is 160 Å². The van der Waals surface area contributed by atoms with Gasteiger partial charge in [-0.25, -0.2) is 0 Å². The highest BCUT2D eigenvalue weighted by Gasteiger charge is 2.30. The number of nitrogens with one attached hydrogen (secondary N) is 2. The van der Waals surface area contributed by atoms with Gasteiger partial charge in [0.1, 0.15) is 5.75 Å². The van der Waals surface area contributed by atoms with Gasteiger partial charge in [0.15, 0.2) is 6.61 Å². The first kappa shape index (κ1) is 21.3. The predicted octanol–water partition coefficient (Wildman–Crippen LogP) is 4.11. The molecule has 0 aliphatic rings. The van der Waals surface area contributed by atoms with Crippen LogP contribution in [0.2, 0.25) is 0 Å². The Morgan fingerprint density at radius 2 is 1.79 bits per heavy atom. The zero-order valence-electron chi connectivity index (χ0n) is 15.5. The summed E-state index contributed by atoms with van der Waals surface area (Å²) in [5, 5.41) is 5.31. The lowest BCUT2D eigenvalue weighted by Gasteiger charge is -2.13. The number of halogens is 3. The highest BCUT2D eigenvalue weighted by Crippen LogP contribution is 2.31. The van der Waals surface area contributed by atoms with E-state index in [1.54, 1.807) is 24.3 Å². The Morgan fingerprint density at radius 1 is 1.07 bits per heavy atom. The molecule has 2 rings (SSSR count). The summed E-state index contributed by atoms with van der Waals surface area (Å²) in [6.45, 7) is 3.90. The maximum atomic E-state index is 12.7. The molecule has 8 heteroatoms. The van der Waals surface area contributed by atoms with Crippen LogP contribution in [-0.2, 0) is 11.0 Å². The van der Waals surface area contributed by atoms with Crippen molar-refractivity contribution in [3.63, 3.8) is 0 Å². The molecule has 28 heavy (non-hydrogen) atoms. The number of ether oxygens (including phenoxy) is 1. The summed E-state index contributed by atoms with van der Waals surface area (Å²) >= 11 is 0. The van der Waals surface area contributed by atoms with Gasteiger partial charge in [0.2, 0.25) is 0 Å². The zero-order valence-corrected chi connectivity index (χ0v) is 15.5. The van der Waals surface area contributed by atoms with E-state index in [1.807, 2.05) is 13.8 Å². The molecule has 0 heterocycles. The molecule has 0 saturated heterocycles. The van der Waals surface area contributed by atoms with Gasteiger partial charge in [0, 0.05) is 6.54 Å². The zero-order chi connectivity index (χ0) is 20.7. The fraction of sp³-hybridized carbons (Fsp3) is 0.300. The van der Waals surface area contributed by atoms with Gasteiger partial charge in [0.25, 0.3) is 11.8 Å². The molecule has 0 spiro atoms. The number of hydrogen-bond acceptors (Lipinski definition) is 3. The van der Waals surface area contributed by atoms with Crippen LogP contribution in [0.25, 0.3) is 0 Å². The summed E-state index contributed by atoms with van der Waals surface area (Å²) in [5.74, 6) is -0.732. The van der Waals surface area contributed by atoms with Gasteiger partial charge in [-0.3, -0.25) is 9.59 Å². The van der Waals surface area contributed by atoms with E-state index < -0.39 is 24.3 Å². The minimum absolute atomic E-state index is 0.0760. The van der Waals surface area contributed by atoms with Crippen LogP contribution in [0.15, 0.2) is 48.5 Å². The maximum absolute atomic E-state index is 12.7. The van der Waals surface area contributed by atoms with E-state index in [2.05, 4.69) is 10.6 Å². The smallest absolute Gasteiger partial charge is 0.416 e. The summed E-state index contributed by atoms with van der Waals surface area (Å²) in [4.78, 5) is 24.4. The van der Waals surface area contributed by atoms with Crippen molar-refractivity contribution in [1.29, 1.82) is 0 Å². The Kier molecular flexibility index (Phi) is 7.03. The third kappa shape index (κ3) is 6.29. The predicted molar refractivity (Wildman–Crippen MR) is 99.2 cm³/mol. The van der Waals surface area contributed by atoms with Crippen molar-refractivity contribution in [1.82, 2.24) is 5.32 Å². The SMILES string of the molecule is CC(C)CNC(=O)c1ccccc1NC(=O)COc1cccc(C(F)(F)F)c1. The average Bonchev–Trinajstić information content (AvgIpc) is 2.64. The topological polar surface area (TPSA) is 67.4 Å². The number of carbonyl (C=O) groups excluding carboxylic acids is 2. The second kappa shape index (κ2) is 9.25. The lowest BCUT2D eigenvalue weighted by atomic mass is 10.1. The highest BCUT2D eigenvalue weighted by molar-refractivity contribution is 6.04. The van der Waals surface area contributed by atoms with Gasteiger partial charge in [-0.2, -0.15) is 13.2 Å². The molecule has 0 unspecified atom stereocenters. The minimum Gasteiger partial charge on any atom is -0.484 e. The fourth-order valence-electron chi connectivity index (χ4n) is 2.28. The van der Waals surface area contributed by atoms with Gasteiger partial charge >= 0.3 is 6.18 Å². The molecular formula is C20H21F3N2O3. The van der Waals surface area contributed by atoms with Crippen LogP contribution in [0.4, 0.5) is 18.9 Å². The molecule has 0 atom stereocenters. The third-order valence-electron chi connectivity index (χ3n) is 3.65. The highest BCUT2D eigenvalue weighted by atomic mass is 19.4. The third-order valence-corrected chi connectivity index (χ3v) is 3.65. The number of benzene rings is 2. The van der Waals surface area contributed by atoms with Crippen molar-refractivity contribution in [2.24, 2.45) is 5.92 Å². The lowest BCUT2D eigenvalue weighted by molar-refractivity contribution is -0.137. The van der Waals surface area contributed by atoms with E-state index in [1.165, 1.54) is 12.1 Å². The molecular weight excluding hydrogens is 373 g/mol. The van der Waals surface area contributed by atoms with Crippen molar-refractivity contribution >= 4 is 17.5 Å². The molecule has 5 nitrogen and oxygen atoms in total. The standard InChI is InChI=1S/C20H21F3N2O3/c1-13(2)11-24-19(27)16-8-3-4-9-17(16)25-18(26)12-28-15-7-5-6-14(10-15)20(21,22)23/h3-10,13H,11-12H2,1-2H3,(H,24,27)(H,25,26). The summed E-state index contributed by atoms with van der Waals surface area (Å²) in [7, 11) is 0. The normalized spacial score (nSPS) is 11.2. The number of alkyl halides is 3. The van der Waals surface area contributed by atoms with Gasteiger partial charge < -0.3 is 15.4 Å². The summed E-state index contributed by atoms with van der Waals surface area (Å²) in [5.41, 5.74) is -0.283. The Balaban J connectivity index is 2.00. The molecule has 0 aliphatic heterocycles. The van der Waals surface area contributed by atoms with E-state index in [4.69, 9.17) is 4.74 Å². The van der Waals surface area contributed by atoms with Crippen LogP contribution >= 0.6 is 0 Å². The van der Waals surface area contributed by atoms with Crippen LogP contribution < -0.4 is 15.4 Å². The summed E-state index contributed by atoms with van der Waals surface area (Å²) in [6.07, 6.45) is -4.50. The molecule has 0 aromatic heterocycles. The summed E-state index contributed by atoms with van der Waals surface area (Å²) in [6, 6.07) is 10.7. The molecule has 0 bridgehead atoms. The number of anilines is 1. The van der Waals surface area contributed by atoms with Crippen molar-refractivity contribution < 1.29 is 27.5 Å². The van der Waals surface area contributed by atoms with Gasteiger partial charge in [0.05, 0.1) is 16.8 Å². The fourth-order valence-corrected chi connectivity index (χ4v) is 2.28. The van der Waals surface area contributed by atoms with E-state index in [-0.39, 0.29) is 23.1 Å². The molecule has 0 aliphatic carbocycles. The van der Waals surface area contributed by atoms with Crippen LogP contribution in [0.1, 0.15) is 29.8 Å². The summed E-state index contributed by atoms with van der Waals surface area (Å²) < 4.78 is 43.3. The monoisotopic (exact) mass is 394 g/mol. The lowest BCUT2D eigenvalue weighted by Crippen LogP contribution is -2.29. The molecule has 2 amide bonds. The minimum atomic E-state index is -4.50. The van der Waals surface area contributed by atoms with Crippen LogP contribution in [0, 0.1) is 5.92 Å². The molecule has 0 fully saturated rings. The maximum Gasteiger partial charge on any atom is 0.416 e. The first-order chi connectivity index (χ1) is 13.2. The molecule has 2 aromatic rings. The van der Waals surface area contributed by atoms with Gasteiger partial charge in [-0.15, -0.1) is 0 Å². The van der Waals surface area contributed by atoms with Crippen LogP contribution in [0.3, 0.4) is 0 Å². The van der Waals surface area contributed by atoms with E-state index in [9.17, 15) is 22.8 Å². The van der Waals surface area contributed by atoms with Crippen molar-refractivity contribution in [3.8, 4) is 5.75 Å². The van der Waals surface area contributed by atoms with Gasteiger partial charge in [-0.05, 0) is 36.2 Å². The second-order valence-electron chi connectivity index (χ2n) is 6.51. The van der Waals surface area contributed by atoms with E-state index in [0.717, 1.165) is 12.1 Å². The first-order valence-electron chi connectivity index (χ1n) is 8.64. The molecule has 0 saturated carbocycles. The number of carbonyl (C=O) groups is 2. The van der Waals surface area contributed by atoms with Gasteiger partial charge in [-0.1, -0.05) is 32.0 Å². The molecule has 150 valence electrons. The number of rotatable bonds is 7. The number of para-hydroxylation sites is 1. The van der Waals surface area contributed by atoms with Crippen LogP contribution in [0.5, 0.6) is 5.75 Å². The number of hydrogen-bond donors (Lipinski definition) is 2. The quantitative estimate of drug-likeness (QED) is 0.743. The Morgan fingerprint density at radius 3 is 2.46 bits per heavy atom. The van der Waals surface area contributed by atoms with Crippen molar-refractivity contribution in [2.45, 2.75) is 20.0 Å². The van der Waals surface area contributed by atoms with Crippen molar-refractivity contribution in [2.75, 3.05) is 18.5 Å². The van der Waals surface area contributed by atoms with E-state index >= 15 is 0 Å². The molecule has 2 aromatic carbocycles. The largest absolute Gasteiger partial charge is 0.484 e. The molecule has 0 radical (unpaired) electrons. The Hall–Kier alpha value is -3.03. The first-order valence-corrected chi connectivity index (χ1v) is 8.64. The second-order valence-corrected chi connectivity index (χ2v) is 6.51. The van der Waals surface area contributed by atoms with Crippen molar-refractivity contribution in [3.05, 3.63) is 59.7 Å². The molecule has 2 N–H and O–H groups in total. The Bertz CT molecular complexity index is 835. The average molecular weight is 394 g/mol. The number of amides is 2. The van der Waals surface area contributed by atoms with Crippen LogP contribution in [-0.4, -0.2) is 25.0 Å². The van der Waals surface area contributed by atoms with E-state index in [0.29, 0.717) is 12.2 Å².